The number of aromatic amines is 1. The van der Waals surface area contributed by atoms with Gasteiger partial charge in [-0.15, -0.1) is 0 Å². The predicted octanol–water partition coefficient (Wildman–Crippen LogP) is 10.2. The summed E-state index contributed by atoms with van der Waals surface area (Å²) in [7, 11) is -2.91. The van der Waals surface area contributed by atoms with Crippen molar-refractivity contribution in [2.75, 3.05) is 111 Å². The van der Waals surface area contributed by atoms with Gasteiger partial charge in [-0.05, 0) is 166 Å². The quantitative estimate of drug-likeness (QED) is 0.0521. The van der Waals surface area contributed by atoms with Crippen molar-refractivity contribution in [3.05, 3.63) is 118 Å². The number of aliphatic hydroxyl groups is 1. The molecule has 6 fully saturated rings. The monoisotopic (exact) mass is 1240 g/mol. The van der Waals surface area contributed by atoms with E-state index in [2.05, 4.69) is 83.7 Å². The molecule has 4 saturated heterocycles. The fourth-order valence-corrected chi connectivity index (χ4v) is 16.3. The molecule has 1 spiro atoms. The molecule has 4 N–H and O–H groups in total. The molecule has 21 nitrogen and oxygen atoms in total. The van der Waals surface area contributed by atoms with Gasteiger partial charge < -0.3 is 54.0 Å². The summed E-state index contributed by atoms with van der Waals surface area (Å²) in [4.78, 5) is 51.6. The van der Waals surface area contributed by atoms with Gasteiger partial charge in [-0.25, -0.2) is 18.1 Å². The van der Waals surface area contributed by atoms with Crippen molar-refractivity contribution in [3.8, 4) is 11.6 Å². The van der Waals surface area contributed by atoms with E-state index in [9.17, 15) is 28.4 Å². The molecule has 2 aliphatic carbocycles. The van der Waals surface area contributed by atoms with Gasteiger partial charge in [0.2, 0.25) is 5.88 Å². The van der Waals surface area contributed by atoms with Crippen LogP contribution in [0.4, 0.5) is 39.9 Å². The van der Waals surface area contributed by atoms with Crippen molar-refractivity contribution < 1.29 is 42.2 Å². The standard InChI is InChI=1S/C67H85N11O10S/c1-44(2)51-7-5-6-8-54(51)76-29-28-73(41-46-35-60(85-4)63(70-40-46)75-30-33-86-34-31-75)42-59(76)47-15-21-67(22-16-47)23-26-74(27-24-67)49-9-11-52(56(37-49)77-55-18-32-87-43-61(55)88-65-58(77)36-48-17-25-68-62(48)71-65)64(79)72-89(83,84)50-10-12-53(57(38-50)78(81)82)69-39-45-13-19-66(3,80)20-14-45/h5-12,17,25,35-38,40,44-45,47,55,59,61,69,80H,13-16,18-24,26-34,39,41-43H2,1-4H3,(H,68,71)(H,72,79)/t45?,55-,59-,61-,66?/m0/s1. The smallest absolute Gasteiger partial charge is 0.293 e. The van der Waals surface area contributed by atoms with Crippen LogP contribution in [0.1, 0.15) is 119 Å². The maximum absolute atomic E-state index is 14.9. The SMILES string of the molecule is COc1cc(CN2CCN(c3ccccc3C(C)C)[C@H](C3CCC4(CC3)CCN(c3ccc(C(=O)NS(=O)(=O)c5ccc(NCC6CCC(C)(O)CC6)c([N+](=O)[O-])c5)c(N5c6cc7cc[nH]c7nc6O[C@H]6COCC[C@@H]65)c3)CC4)C2)cnc1N1CCOCC1. The fraction of sp³-hybridized carbons (Fsp3) is 0.537. The number of ether oxygens (including phenoxy) is 4. The van der Waals surface area contributed by atoms with Crippen molar-refractivity contribution in [2.24, 2.45) is 17.3 Å². The maximum Gasteiger partial charge on any atom is 0.293 e. The van der Waals surface area contributed by atoms with Gasteiger partial charge in [-0.3, -0.25) is 19.8 Å². The van der Waals surface area contributed by atoms with Crippen LogP contribution in [0.15, 0.2) is 96.2 Å². The van der Waals surface area contributed by atoms with Gasteiger partial charge in [0.05, 0.1) is 59.6 Å². The number of anilines is 6. The van der Waals surface area contributed by atoms with Crippen LogP contribution in [0.25, 0.3) is 11.0 Å². The molecule has 1 amide bonds. The van der Waals surface area contributed by atoms with Gasteiger partial charge in [-0.2, -0.15) is 4.98 Å². The Labute approximate surface area is 521 Å². The zero-order valence-electron chi connectivity index (χ0n) is 51.7. The normalized spacial score (nSPS) is 24.3. The molecule has 3 aromatic carbocycles. The molecule has 8 heterocycles. The number of nitrogens with zero attached hydrogens (tertiary/aromatic N) is 8. The molecule has 89 heavy (non-hydrogen) atoms. The zero-order chi connectivity index (χ0) is 61.6. The number of nitro benzene ring substituents is 1. The highest BCUT2D eigenvalue weighted by Crippen LogP contribution is 2.51. The molecule has 0 unspecified atom stereocenters. The molecule has 474 valence electrons. The molecule has 3 aromatic heterocycles. The lowest BCUT2D eigenvalue weighted by molar-refractivity contribution is -0.384. The maximum atomic E-state index is 14.9. The number of carbonyl (C=O) groups is 1. The summed E-state index contributed by atoms with van der Waals surface area (Å²) in [6, 6.07) is 24.5. The van der Waals surface area contributed by atoms with E-state index in [0.29, 0.717) is 93.0 Å². The number of carbonyl (C=O) groups excluding carboxylic acids is 1. The molecule has 22 heteroatoms. The van der Waals surface area contributed by atoms with Crippen LogP contribution in [-0.2, 0) is 26.0 Å². The first-order valence-corrected chi connectivity index (χ1v) is 33.7. The summed E-state index contributed by atoms with van der Waals surface area (Å²) in [5.74, 6) is 2.27. The van der Waals surface area contributed by atoms with E-state index in [1.165, 1.54) is 23.4 Å². The third kappa shape index (κ3) is 12.7. The van der Waals surface area contributed by atoms with Crippen LogP contribution in [-0.4, -0.2) is 154 Å². The van der Waals surface area contributed by atoms with Gasteiger partial charge >= 0.3 is 0 Å². The van der Waals surface area contributed by atoms with Crippen LogP contribution in [0, 0.1) is 27.4 Å². The Balaban J connectivity index is 0.744. The number of hydrogen-bond acceptors (Lipinski definition) is 18. The summed E-state index contributed by atoms with van der Waals surface area (Å²) in [5.41, 5.74) is 5.93. The molecule has 0 radical (unpaired) electrons. The van der Waals surface area contributed by atoms with E-state index in [-0.39, 0.29) is 28.6 Å². The molecule has 7 aliphatic rings. The number of para-hydroxylation sites is 1. The number of pyridine rings is 2. The Hall–Kier alpha value is -7.24. The second-order valence-electron chi connectivity index (χ2n) is 26.6. The molecule has 2 saturated carbocycles. The summed E-state index contributed by atoms with van der Waals surface area (Å²) in [6.07, 6.45) is 13.4. The number of piperidine rings is 1. The van der Waals surface area contributed by atoms with Crippen LogP contribution in [0.5, 0.6) is 11.6 Å². The fourth-order valence-electron chi connectivity index (χ4n) is 15.3. The van der Waals surface area contributed by atoms with Crippen molar-refractivity contribution in [1.29, 1.82) is 0 Å². The predicted molar refractivity (Wildman–Crippen MR) is 344 cm³/mol. The van der Waals surface area contributed by atoms with Crippen LogP contribution < -0.4 is 39.1 Å². The number of fused-ring (bicyclic) bond motifs is 3. The van der Waals surface area contributed by atoms with Crippen LogP contribution in [0.2, 0.25) is 0 Å². The van der Waals surface area contributed by atoms with Crippen LogP contribution in [0.3, 0.4) is 0 Å². The summed E-state index contributed by atoms with van der Waals surface area (Å²) >= 11 is 0. The Morgan fingerprint density at radius 3 is 2.40 bits per heavy atom. The lowest BCUT2D eigenvalue weighted by Gasteiger charge is -2.52. The molecule has 0 bridgehead atoms. The third-order valence-electron chi connectivity index (χ3n) is 20.6. The number of nitrogens with one attached hydrogen (secondary N) is 3. The number of aromatic nitrogens is 3. The first-order valence-electron chi connectivity index (χ1n) is 32.2. The lowest BCUT2D eigenvalue weighted by atomic mass is 9.64. The average Bonchev–Trinajstić information content (AvgIpc) is 1.74. The molecule has 6 aromatic rings. The minimum atomic E-state index is -4.65. The topological polar surface area (TPSA) is 233 Å². The third-order valence-corrected chi connectivity index (χ3v) is 21.9. The summed E-state index contributed by atoms with van der Waals surface area (Å²) in [6.45, 7) is 15.8. The van der Waals surface area contributed by atoms with E-state index in [1.807, 2.05) is 43.6 Å². The molecular weight excluding hydrogens is 1150 g/mol. The number of amides is 1. The zero-order valence-corrected chi connectivity index (χ0v) is 52.5. The number of H-pyrrole nitrogens is 1. The highest BCUT2D eigenvalue weighted by atomic mass is 32.2. The number of methoxy groups -OCH3 is 1. The average molecular weight is 1240 g/mol. The highest BCUT2D eigenvalue weighted by Gasteiger charge is 2.45. The van der Waals surface area contributed by atoms with E-state index in [0.717, 1.165) is 138 Å². The molecular formula is C67H85N11O10S. The Morgan fingerprint density at radius 2 is 1.64 bits per heavy atom. The van der Waals surface area contributed by atoms with Gasteiger partial charge in [0, 0.05) is 107 Å². The number of nitro groups is 1. The number of rotatable bonds is 16. The van der Waals surface area contributed by atoms with E-state index < -0.39 is 43.1 Å². The van der Waals surface area contributed by atoms with E-state index in [1.54, 1.807) is 13.2 Å². The van der Waals surface area contributed by atoms with Crippen molar-refractivity contribution in [2.45, 2.75) is 133 Å². The largest absolute Gasteiger partial charge is 0.493 e. The molecule has 3 atom stereocenters. The number of sulfonamides is 1. The number of benzene rings is 3. The Kier molecular flexibility index (Phi) is 17.2. The lowest BCUT2D eigenvalue weighted by Crippen LogP contribution is -2.57. The number of piperazine rings is 1. The number of morpholine rings is 1. The first kappa shape index (κ1) is 60.7. The Morgan fingerprint density at radius 1 is 0.854 bits per heavy atom. The van der Waals surface area contributed by atoms with Crippen molar-refractivity contribution in [1.82, 2.24) is 24.6 Å². The first-order chi connectivity index (χ1) is 43.0. The van der Waals surface area contributed by atoms with Gasteiger partial charge in [0.1, 0.15) is 23.1 Å². The Bertz CT molecular complexity index is 3660. The second-order valence-corrected chi connectivity index (χ2v) is 28.3. The van der Waals surface area contributed by atoms with E-state index >= 15 is 0 Å². The second kappa shape index (κ2) is 25.2. The summed E-state index contributed by atoms with van der Waals surface area (Å²) < 4.78 is 55.1. The minimum Gasteiger partial charge on any atom is -0.493 e. The van der Waals surface area contributed by atoms with Crippen molar-refractivity contribution >= 4 is 66.9 Å². The van der Waals surface area contributed by atoms with Gasteiger partial charge in [-0.1, -0.05) is 32.0 Å². The van der Waals surface area contributed by atoms with Crippen molar-refractivity contribution in [3.63, 3.8) is 0 Å². The van der Waals surface area contributed by atoms with Gasteiger partial charge in [0.15, 0.2) is 11.6 Å². The highest BCUT2D eigenvalue weighted by molar-refractivity contribution is 7.90. The number of hydrogen-bond donors (Lipinski definition) is 4. The van der Waals surface area contributed by atoms with Gasteiger partial charge in [0.25, 0.3) is 21.6 Å². The van der Waals surface area contributed by atoms with E-state index in [4.69, 9.17) is 28.9 Å². The molecule has 13 rings (SSSR count). The molecule has 5 aliphatic heterocycles. The minimum absolute atomic E-state index is 0.111. The summed E-state index contributed by atoms with van der Waals surface area (Å²) in [5, 5.41) is 27.0. The van der Waals surface area contributed by atoms with Crippen LogP contribution >= 0.6 is 0 Å².